The average molecular weight is 595 g/mol. The maximum atomic E-state index is 14.0. The first-order valence-electron chi connectivity index (χ1n) is 15.3. The van der Waals surface area contributed by atoms with Crippen molar-refractivity contribution in [2.45, 2.75) is 95.3 Å². The number of aliphatic hydroxyl groups is 2. The van der Waals surface area contributed by atoms with Crippen molar-refractivity contribution in [1.29, 1.82) is 5.26 Å². The Morgan fingerprint density at radius 1 is 1.09 bits per heavy atom. The molecule has 1 aromatic heterocycles. The van der Waals surface area contributed by atoms with Gasteiger partial charge in [0.2, 0.25) is 0 Å². The predicted molar refractivity (Wildman–Crippen MR) is 172 cm³/mol. The number of hydrogen-bond donors (Lipinski definition) is 2. The van der Waals surface area contributed by atoms with Crippen LogP contribution in [0.4, 0.5) is 0 Å². The fourth-order valence-electron chi connectivity index (χ4n) is 7.15. The molecule has 0 radical (unpaired) electrons. The lowest BCUT2D eigenvalue weighted by Gasteiger charge is -2.44. The van der Waals surface area contributed by atoms with E-state index in [0.29, 0.717) is 46.7 Å². The minimum Gasteiger partial charge on any atom is -0.393 e. The molecule has 2 bridgehead atoms. The molecule has 0 spiro atoms. The Balaban J connectivity index is 1.59. The number of aromatic nitrogens is 1. The fourth-order valence-corrected chi connectivity index (χ4v) is 8.56. The predicted octanol–water partition coefficient (Wildman–Crippen LogP) is 7.63. The van der Waals surface area contributed by atoms with Gasteiger partial charge in [0.1, 0.15) is 11.1 Å². The molecule has 1 fully saturated rings. The molecule has 0 amide bonds. The highest BCUT2D eigenvalue weighted by Crippen LogP contribution is 2.59. The number of aryl methyl sites for hydroxylation is 2. The lowest BCUT2D eigenvalue weighted by molar-refractivity contribution is -0.0422. The van der Waals surface area contributed by atoms with Crippen LogP contribution in [-0.2, 0) is 6.42 Å². The highest BCUT2D eigenvalue weighted by Gasteiger charge is 2.56. The molecule has 3 aliphatic carbocycles. The van der Waals surface area contributed by atoms with Crippen LogP contribution in [0.15, 0.2) is 71.3 Å². The van der Waals surface area contributed by atoms with Crippen molar-refractivity contribution in [2.24, 2.45) is 5.41 Å². The van der Waals surface area contributed by atoms with E-state index in [1.165, 1.54) is 17.3 Å². The van der Waals surface area contributed by atoms with Crippen molar-refractivity contribution in [3.8, 4) is 6.07 Å². The van der Waals surface area contributed by atoms with Gasteiger partial charge in [0.15, 0.2) is 5.78 Å². The van der Waals surface area contributed by atoms with E-state index >= 15 is 0 Å². The Kier molecular flexibility index (Phi) is 9.27. The number of rotatable bonds is 5. The van der Waals surface area contributed by atoms with Crippen molar-refractivity contribution < 1.29 is 15.0 Å². The fraction of sp³-hybridized carbons (Fsp3) is 0.432. The second-order valence-electron chi connectivity index (χ2n) is 12.8. The average Bonchev–Trinajstić information content (AvgIpc) is 3.24. The Labute approximate surface area is 260 Å². The minimum atomic E-state index is -1.03. The summed E-state index contributed by atoms with van der Waals surface area (Å²) in [7, 11) is 0. The van der Waals surface area contributed by atoms with E-state index in [9.17, 15) is 20.3 Å². The van der Waals surface area contributed by atoms with Gasteiger partial charge >= 0.3 is 0 Å². The van der Waals surface area contributed by atoms with Crippen LogP contribution in [0, 0.1) is 30.6 Å². The van der Waals surface area contributed by atoms with Crippen LogP contribution >= 0.6 is 11.8 Å². The summed E-state index contributed by atoms with van der Waals surface area (Å²) >= 11 is 1.47. The molecule has 1 heterocycles. The van der Waals surface area contributed by atoms with Crippen molar-refractivity contribution >= 4 is 17.5 Å². The van der Waals surface area contributed by atoms with Gasteiger partial charge in [-0.15, -0.1) is 11.8 Å². The number of allylic oxidation sites excluding steroid dienone is 2. The molecule has 6 rings (SSSR count). The number of carbonyl (C=O) groups excluding carboxylic acids is 1. The summed E-state index contributed by atoms with van der Waals surface area (Å²) in [6.45, 7) is 8.17. The van der Waals surface area contributed by atoms with E-state index < -0.39 is 17.1 Å². The second-order valence-corrected chi connectivity index (χ2v) is 13.8. The van der Waals surface area contributed by atoms with Crippen LogP contribution < -0.4 is 0 Å². The van der Waals surface area contributed by atoms with E-state index in [2.05, 4.69) is 43.1 Å². The number of pyridine rings is 1. The highest BCUT2D eigenvalue weighted by atomic mass is 32.2. The Bertz CT molecular complexity index is 1580. The van der Waals surface area contributed by atoms with Gasteiger partial charge in [-0.2, -0.15) is 5.26 Å². The molecule has 224 valence electrons. The molecular weight excluding hydrogens is 552 g/mol. The van der Waals surface area contributed by atoms with E-state index in [-0.39, 0.29) is 11.7 Å². The molecule has 2 N–H and O–H groups in total. The third kappa shape index (κ3) is 6.36. The molecular formula is C37H42N2O3S. The first-order chi connectivity index (χ1) is 20.5. The molecule has 3 aliphatic rings. The monoisotopic (exact) mass is 594 g/mol. The highest BCUT2D eigenvalue weighted by molar-refractivity contribution is 7.99. The summed E-state index contributed by atoms with van der Waals surface area (Å²) in [5.74, 6) is 0.346. The number of aliphatic hydroxyl groups excluding tert-OH is 1. The van der Waals surface area contributed by atoms with E-state index in [1.54, 1.807) is 0 Å². The van der Waals surface area contributed by atoms with Crippen molar-refractivity contribution in [3.05, 3.63) is 105 Å². The molecule has 0 aliphatic heterocycles. The number of nitriles is 1. The lowest BCUT2D eigenvalue weighted by Crippen LogP contribution is -2.46. The lowest BCUT2D eigenvalue weighted by atomic mass is 9.65. The van der Waals surface area contributed by atoms with Gasteiger partial charge in [-0.05, 0) is 100 Å². The zero-order chi connectivity index (χ0) is 30.8. The Morgan fingerprint density at radius 2 is 1.86 bits per heavy atom. The van der Waals surface area contributed by atoms with Crippen LogP contribution in [0.25, 0.3) is 0 Å². The van der Waals surface area contributed by atoms with Crippen molar-refractivity contribution in [2.75, 3.05) is 5.75 Å². The molecule has 6 heteroatoms. The van der Waals surface area contributed by atoms with Crippen LogP contribution in [0.3, 0.4) is 0 Å². The zero-order valence-electron chi connectivity index (χ0n) is 25.7. The summed E-state index contributed by atoms with van der Waals surface area (Å²) in [4.78, 5) is 18.7. The number of hydrogen-bond acceptors (Lipinski definition) is 6. The largest absolute Gasteiger partial charge is 0.393 e. The van der Waals surface area contributed by atoms with Gasteiger partial charge in [0.25, 0.3) is 0 Å². The van der Waals surface area contributed by atoms with Gasteiger partial charge in [0.05, 0.1) is 17.3 Å². The summed E-state index contributed by atoms with van der Waals surface area (Å²) in [6.07, 6.45) is 6.64. The number of carbonyl (C=O) groups is 1. The van der Waals surface area contributed by atoms with Gasteiger partial charge in [0, 0.05) is 28.0 Å². The van der Waals surface area contributed by atoms with Gasteiger partial charge in [-0.25, -0.2) is 4.98 Å². The SMILES string of the molecule is CC1=CCCC2(C)C(CCC2(O)CSc2nc(C)cc(C)c2C#N)c2ccc(cc2C(=O)c2ccccc2)CC(O)CC1. The second kappa shape index (κ2) is 12.8. The summed E-state index contributed by atoms with van der Waals surface area (Å²) < 4.78 is 0. The van der Waals surface area contributed by atoms with E-state index in [1.807, 2.05) is 56.3 Å². The first kappa shape index (κ1) is 31.2. The third-order valence-corrected chi connectivity index (χ3v) is 11.0. The number of fused-ring (bicyclic) bond motifs is 8. The smallest absolute Gasteiger partial charge is 0.193 e. The first-order valence-corrected chi connectivity index (χ1v) is 16.3. The van der Waals surface area contributed by atoms with Crippen LogP contribution in [0.5, 0.6) is 0 Å². The molecule has 4 unspecified atom stereocenters. The Hall–Kier alpha value is -3.24. The van der Waals surface area contributed by atoms with E-state index in [4.69, 9.17) is 0 Å². The van der Waals surface area contributed by atoms with Gasteiger partial charge < -0.3 is 10.2 Å². The molecule has 43 heavy (non-hydrogen) atoms. The summed E-state index contributed by atoms with van der Waals surface area (Å²) in [5, 5.41) is 33.9. The number of thioether (sulfide) groups is 1. The Morgan fingerprint density at radius 3 is 2.60 bits per heavy atom. The van der Waals surface area contributed by atoms with Crippen LogP contribution in [0.2, 0.25) is 0 Å². The zero-order valence-corrected chi connectivity index (χ0v) is 26.5. The summed E-state index contributed by atoms with van der Waals surface area (Å²) in [6, 6.07) is 19.7. The third-order valence-electron chi connectivity index (χ3n) is 9.82. The van der Waals surface area contributed by atoms with Crippen LogP contribution in [0.1, 0.15) is 102 Å². The van der Waals surface area contributed by atoms with Gasteiger partial charge in [-0.1, -0.05) is 61.0 Å². The number of benzene rings is 2. The van der Waals surface area contributed by atoms with Crippen molar-refractivity contribution in [1.82, 2.24) is 4.98 Å². The maximum Gasteiger partial charge on any atom is 0.193 e. The van der Waals surface area contributed by atoms with E-state index in [0.717, 1.165) is 48.1 Å². The minimum absolute atomic E-state index is 0.0277. The van der Waals surface area contributed by atoms with Crippen molar-refractivity contribution in [3.63, 3.8) is 0 Å². The molecule has 1 saturated carbocycles. The standard InChI is InChI=1S/C37H42N2O3S/c1-24-9-8-17-36(4)33(16-18-37(36,42)23-43-35-32(22-38)25(2)19-26(3)39-35)30-15-13-27(20-29(40)14-12-24)21-31(30)34(41)28-10-6-5-7-11-28/h5-7,9-11,13,15,19,21,29,33,40,42H,8,12,14,16-18,20,23H2,1-4H3. The molecule has 3 aromatic rings. The molecule has 2 aromatic carbocycles. The van der Waals surface area contributed by atoms with Crippen LogP contribution in [-0.4, -0.2) is 38.4 Å². The number of nitrogens with zero attached hydrogens (tertiary/aromatic N) is 2. The topological polar surface area (TPSA) is 94.2 Å². The normalized spacial score (nSPS) is 25.8. The quantitative estimate of drug-likeness (QED) is 0.179. The summed E-state index contributed by atoms with van der Waals surface area (Å²) in [5.41, 5.74) is 5.22. The maximum absolute atomic E-state index is 14.0. The van der Waals surface area contributed by atoms with Gasteiger partial charge in [-0.3, -0.25) is 4.79 Å². The number of ketones is 1. The molecule has 5 nitrogen and oxygen atoms in total. The molecule has 0 saturated heterocycles. The molecule has 4 atom stereocenters.